The van der Waals surface area contributed by atoms with Crippen molar-refractivity contribution >= 4 is 28.4 Å². The zero-order chi connectivity index (χ0) is 22.2. The topological polar surface area (TPSA) is 103 Å². The number of imidazole rings is 1. The summed E-state index contributed by atoms with van der Waals surface area (Å²) in [5.41, 5.74) is 1.97. The van der Waals surface area contributed by atoms with E-state index in [-0.39, 0.29) is 23.2 Å². The third-order valence-electron chi connectivity index (χ3n) is 5.35. The molecular weight excluding hydrogens is 427 g/mol. The Hall–Kier alpha value is -3.64. The second-order valence-electron chi connectivity index (χ2n) is 7.62. The summed E-state index contributed by atoms with van der Waals surface area (Å²) in [6, 6.07) is 16.2. The number of halogens is 1. The summed E-state index contributed by atoms with van der Waals surface area (Å²) in [4.78, 5) is 7.51. The van der Waals surface area contributed by atoms with Crippen molar-refractivity contribution in [3.63, 3.8) is 0 Å². The molecule has 5 rings (SSSR count). The number of allylic oxidation sites excluding steroid dienone is 1. The molecule has 0 saturated heterocycles. The van der Waals surface area contributed by atoms with Gasteiger partial charge in [-0.2, -0.15) is 5.26 Å². The van der Waals surface area contributed by atoms with Crippen LogP contribution in [-0.2, 0) is 0 Å². The molecule has 1 aliphatic carbocycles. The van der Waals surface area contributed by atoms with Gasteiger partial charge in [0.2, 0.25) is 0 Å². The molecule has 0 spiro atoms. The molecular formula is C23H19FN6OS. The number of rotatable bonds is 6. The zero-order valence-corrected chi connectivity index (χ0v) is 18.0. The Kier molecular flexibility index (Phi) is 5.15. The van der Waals surface area contributed by atoms with Gasteiger partial charge in [-0.3, -0.25) is 4.57 Å². The molecule has 4 aromatic rings. The number of benzene rings is 2. The molecule has 0 aliphatic heterocycles. The molecule has 0 amide bonds. The van der Waals surface area contributed by atoms with Crippen LogP contribution in [-0.4, -0.2) is 35.1 Å². The van der Waals surface area contributed by atoms with Gasteiger partial charge in [0.25, 0.3) is 0 Å². The second kappa shape index (κ2) is 8.13. The van der Waals surface area contributed by atoms with Crippen LogP contribution in [0.1, 0.15) is 31.6 Å². The van der Waals surface area contributed by atoms with Crippen LogP contribution in [0.5, 0.6) is 0 Å². The lowest BCUT2D eigenvalue weighted by molar-refractivity contribution is 0.401. The average molecular weight is 447 g/mol. The summed E-state index contributed by atoms with van der Waals surface area (Å²) >= 11 is 1.28. The van der Waals surface area contributed by atoms with Crippen LogP contribution in [0.4, 0.5) is 4.39 Å². The van der Waals surface area contributed by atoms with Gasteiger partial charge in [0.15, 0.2) is 16.8 Å². The number of nitrogens with one attached hydrogen (secondary N) is 1. The van der Waals surface area contributed by atoms with Crippen molar-refractivity contribution in [3.8, 4) is 17.5 Å². The Labute approximate surface area is 187 Å². The first-order valence-electron chi connectivity index (χ1n) is 10.2. The lowest BCUT2D eigenvalue weighted by Crippen LogP contribution is -2.08. The maximum absolute atomic E-state index is 14.4. The molecule has 32 heavy (non-hydrogen) atoms. The molecule has 2 N–H and O–H groups in total. The summed E-state index contributed by atoms with van der Waals surface area (Å²) in [7, 11) is 0. The minimum Gasteiger partial charge on any atom is -0.510 e. The van der Waals surface area contributed by atoms with Crippen LogP contribution in [0.25, 0.3) is 28.0 Å². The van der Waals surface area contributed by atoms with E-state index in [4.69, 9.17) is 0 Å². The Morgan fingerprint density at radius 3 is 2.69 bits per heavy atom. The highest BCUT2D eigenvalue weighted by Crippen LogP contribution is 2.42. The van der Waals surface area contributed by atoms with E-state index in [1.165, 1.54) is 17.8 Å². The monoisotopic (exact) mass is 446 g/mol. The Morgan fingerprint density at radius 1 is 1.22 bits per heavy atom. The number of para-hydroxylation sites is 2. The van der Waals surface area contributed by atoms with Gasteiger partial charge in [-0.1, -0.05) is 36.0 Å². The normalized spacial score (nSPS) is 15.4. The molecule has 1 saturated carbocycles. The third-order valence-corrected chi connectivity index (χ3v) is 6.42. The second-order valence-corrected chi connectivity index (χ2v) is 8.93. The van der Waals surface area contributed by atoms with Crippen LogP contribution in [0.3, 0.4) is 0 Å². The number of nitriles is 1. The molecule has 0 bridgehead atoms. The third kappa shape index (κ3) is 3.63. The lowest BCUT2D eigenvalue weighted by atomic mass is 10.2. The van der Waals surface area contributed by atoms with E-state index < -0.39 is 5.25 Å². The quantitative estimate of drug-likeness (QED) is 0.238. The van der Waals surface area contributed by atoms with Crippen LogP contribution >= 0.6 is 11.8 Å². The predicted octanol–water partition coefficient (Wildman–Crippen LogP) is 5.27. The summed E-state index contributed by atoms with van der Waals surface area (Å²) in [6.45, 7) is 1.79. The maximum atomic E-state index is 14.4. The van der Waals surface area contributed by atoms with Crippen molar-refractivity contribution < 1.29 is 9.50 Å². The SMILES string of the molecule is CC(Sc1nnc(-c2ccccc2F)n1C1CC1)/C(O)=C(\C#N)c1nc2ccccc2[nH]1. The standard InChI is InChI=1S/C23H19FN6OS/c1-13(20(31)16(12-25)21-26-18-8-4-5-9-19(18)27-21)32-23-29-28-22(30(23)14-10-11-14)15-6-2-3-7-17(15)24/h2-9,13-14,31H,10-11H2,1H3,(H,26,27)/b20-16-. The summed E-state index contributed by atoms with van der Waals surface area (Å²) in [5, 5.41) is 29.2. The van der Waals surface area contributed by atoms with Crippen molar-refractivity contribution in [2.75, 3.05) is 0 Å². The first-order valence-corrected chi connectivity index (χ1v) is 11.1. The molecule has 1 atom stereocenters. The number of hydrogen-bond acceptors (Lipinski definition) is 6. The molecule has 2 heterocycles. The number of H-pyrrole nitrogens is 1. The number of aliphatic hydroxyl groups excluding tert-OH is 1. The van der Waals surface area contributed by atoms with E-state index in [1.54, 1.807) is 25.1 Å². The first-order chi connectivity index (χ1) is 15.6. The number of fused-ring (bicyclic) bond motifs is 1. The molecule has 160 valence electrons. The van der Waals surface area contributed by atoms with E-state index in [0.717, 1.165) is 18.4 Å². The summed E-state index contributed by atoms with van der Waals surface area (Å²) < 4.78 is 16.3. The van der Waals surface area contributed by atoms with Gasteiger partial charge in [0.1, 0.15) is 23.2 Å². The average Bonchev–Trinajstić information content (AvgIpc) is 3.41. The van der Waals surface area contributed by atoms with E-state index in [2.05, 4.69) is 26.2 Å². The van der Waals surface area contributed by atoms with Crippen LogP contribution < -0.4 is 0 Å². The number of aromatic amines is 1. The fourth-order valence-electron chi connectivity index (χ4n) is 3.57. The predicted molar refractivity (Wildman–Crippen MR) is 120 cm³/mol. The van der Waals surface area contributed by atoms with Crippen LogP contribution in [0.2, 0.25) is 0 Å². The molecule has 0 radical (unpaired) electrons. The largest absolute Gasteiger partial charge is 0.510 e. The Balaban J connectivity index is 1.48. The highest BCUT2D eigenvalue weighted by Gasteiger charge is 2.32. The number of nitrogens with zero attached hydrogens (tertiary/aromatic N) is 5. The van der Waals surface area contributed by atoms with Crippen LogP contribution in [0, 0.1) is 17.1 Å². The molecule has 2 aromatic heterocycles. The van der Waals surface area contributed by atoms with Crippen LogP contribution in [0.15, 0.2) is 59.4 Å². The minimum absolute atomic E-state index is 0.0769. The highest BCUT2D eigenvalue weighted by molar-refractivity contribution is 7.99. The van der Waals surface area contributed by atoms with Crippen molar-refractivity contribution in [2.24, 2.45) is 0 Å². The van der Waals surface area contributed by atoms with E-state index in [9.17, 15) is 14.8 Å². The molecule has 2 aromatic carbocycles. The summed E-state index contributed by atoms with van der Waals surface area (Å²) in [5.74, 6) is 0.330. The fraction of sp³-hybridized carbons (Fsp3) is 0.217. The zero-order valence-electron chi connectivity index (χ0n) is 17.2. The van der Waals surface area contributed by atoms with Crippen molar-refractivity contribution in [1.82, 2.24) is 24.7 Å². The van der Waals surface area contributed by atoms with Crippen molar-refractivity contribution in [3.05, 3.63) is 65.9 Å². The number of aromatic nitrogens is 5. The Bertz CT molecular complexity index is 1350. The number of aliphatic hydroxyl groups is 1. The lowest BCUT2D eigenvalue weighted by Gasteiger charge is -2.13. The number of thioether (sulfide) groups is 1. The van der Waals surface area contributed by atoms with Crippen molar-refractivity contribution in [2.45, 2.75) is 36.2 Å². The maximum Gasteiger partial charge on any atom is 0.192 e. The molecule has 1 fully saturated rings. The molecule has 1 unspecified atom stereocenters. The van der Waals surface area contributed by atoms with E-state index in [1.807, 2.05) is 28.8 Å². The van der Waals surface area contributed by atoms with Gasteiger partial charge in [-0.15, -0.1) is 10.2 Å². The van der Waals surface area contributed by atoms with E-state index in [0.29, 0.717) is 27.9 Å². The molecule has 9 heteroatoms. The smallest absolute Gasteiger partial charge is 0.192 e. The highest BCUT2D eigenvalue weighted by atomic mass is 32.2. The van der Waals surface area contributed by atoms with Gasteiger partial charge < -0.3 is 10.1 Å². The first kappa shape index (κ1) is 20.3. The van der Waals surface area contributed by atoms with E-state index >= 15 is 0 Å². The van der Waals surface area contributed by atoms with Crippen molar-refractivity contribution in [1.29, 1.82) is 5.26 Å². The number of hydrogen-bond donors (Lipinski definition) is 2. The fourth-order valence-corrected chi connectivity index (χ4v) is 4.55. The molecule has 1 aliphatic rings. The van der Waals surface area contributed by atoms with Gasteiger partial charge >= 0.3 is 0 Å². The van der Waals surface area contributed by atoms with Gasteiger partial charge in [0, 0.05) is 6.04 Å². The van der Waals surface area contributed by atoms with Gasteiger partial charge in [-0.05, 0) is 44.0 Å². The molecule has 7 nitrogen and oxygen atoms in total. The minimum atomic E-state index is -0.493. The Morgan fingerprint density at radius 2 is 1.97 bits per heavy atom. The van der Waals surface area contributed by atoms with Gasteiger partial charge in [-0.25, -0.2) is 9.37 Å². The summed E-state index contributed by atoms with van der Waals surface area (Å²) in [6.07, 6.45) is 1.93. The van der Waals surface area contributed by atoms with Gasteiger partial charge in [0.05, 0.1) is 21.8 Å².